The van der Waals surface area contributed by atoms with Gasteiger partial charge in [-0.2, -0.15) is 5.10 Å². The van der Waals surface area contributed by atoms with Crippen LogP contribution in [0.4, 0.5) is 0 Å². The van der Waals surface area contributed by atoms with Crippen molar-refractivity contribution in [3.05, 3.63) is 52.0 Å². The van der Waals surface area contributed by atoms with E-state index in [0.29, 0.717) is 17.1 Å². The van der Waals surface area contributed by atoms with Crippen LogP contribution in [0.15, 0.2) is 46.0 Å². The number of nitrogens with zero attached hydrogens (tertiary/aromatic N) is 1. The van der Waals surface area contributed by atoms with Crippen molar-refractivity contribution in [3.8, 4) is 17.2 Å². The highest BCUT2D eigenvalue weighted by molar-refractivity contribution is 9.10. The van der Waals surface area contributed by atoms with Crippen molar-refractivity contribution in [1.29, 1.82) is 0 Å². The lowest BCUT2D eigenvalue weighted by Crippen LogP contribution is -2.24. The number of hydrogen-bond donors (Lipinski definition) is 2. The lowest BCUT2D eigenvalue weighted by atomic mass is 10.2. The Morgan fingerprint density at radius 1 is 1.32 bits per heavy atom. The van der Waals surface area contributed by atoms with Crippen LogP contribution in [0.3, 0.4) is 0 Å². The number of hydrazone groups is 1. The zero-order valence-electron chi connectivity index (χ0n) is 14.0. The standard InChI is InChI=1S/C18H19BrN2O4/c1-3-12-7-8-15(14(19)9-12)25-11-17(22)21-20-10-13-5-4-6-16(24-2)18(13)23/h4-10,23H,3,11H2,1-2H3,(H,21,22)/b20-10+. The summed E-state index contributed by atoms with van der Waals surface area (Å²) < 4.78 is 11.3. The zero-order chi connectivity index (χ0) is 18.2. The molecule has 0 saturated carbocycles. The lowest BCUT2D eigenvalue weighted by Gasteiger charge is -2.08. The Bertz CT molecular complexity index is 778. The largest absolute Gasteiger partial charge is 0.504 e. The maximum atomic E-state index is 11.8. The van der Waals surface area contributed by atoms with Crippen molar-refractivity contribution in [2.75, 3.05) is 13.7 Å². The second-order valence-corrected chi connectivity index (χ2v) is 5.95. The number of aryl methyl sites for hydroxylation is 1. The molecule has 25 heavy (non-hydrogen) atoms. The first kappa shape index (κ1) is 18.8. The van der Waals surface area contributed by atoms with Gasteiger partial charge in [0.1, 0.15) is 5.75 Å². The molecule has 0 radical (unpaired) electrons. The fourth-order valence-corrected chi connectivity index (χ4v) is 2.58. The molecule has 1 amide bonds. The molecule has 0 saturated heterocycles. The maximum absolute atomic E-state index is 11.8. The van der Waals surface area contributed by atoms with Crippen LogP contribution in [0.5, 0.6) is 17.2 Å². The summed E-state index contributed by atoms with van der Waals surface area (Å²) in [5.74, 6) is 0.463. The third-order valence-electron chi connectivity index (χ3n) is 3.41. The minimum Gasteiger partial charge on any atom is -0.504 e. The van der Waals surface area contributed by atoms with Crippen LogP contribution in [0, 0.1) is 0 Å². The average molecular weight is 407 g/mol. The number of para-hydroxylation sites is 1. The molecule has 132 valence electrons. The van der Waals surface area contributed by atoms with Gasteiger partial charge in [-0.3, -0.25) is 4.79 Å². The first-order valence-electron chi connectivity index (χ1n) is 7.64. The topological polar surface area (TPSA) is 80.2 Å². The molecule has 0 fully saturated rings. The number of halogens is 1. The highest BCUT2D eigenvalue weighted by Gasteiger charge is 2.07. The van der Waals surface area contributed by atoms with Gasteiger partial charge in [-0.1, -0.05) is 19.1 Å². The minimum absolute atomic E-state index is 0.0424. The van der Waals surface area contributed by atoms with Crippen molar-refractivity contribution in [2.24, 2.45) is 5.10 Å². The van der Waals surface area contributed by atoms with Crippen molar-refractivity contribution in [3.63, 3.8) is 0 Å². The molecule has 2 aromatic rings. The van der Waals surface area contributed by atoms with E-state index >= 15 is 0 Å². The molecule has 7 heteroatoms. The van der Waals surface area contributed by atoms with E-state index in [9.17, 15) is 9.90 Å². The Balaban J connectivity index is 1.89. The third kappa shape index (κ3) is 5.22. The molecule has 6 nitrogen and oxygen atoms in total. The molecule has 0 atom stereocenters. The highest BCUT2D eigenvalue weighted by Crippen LogP contribution is 2.28. The van der Waals surface area contributed by atoms with E-state index in [-0.39, 0.29) is 12.4 Å². The summed E-state index contributed by atoms with van der Waals surface area (Å²) in [6.07, 6.45) is 2.26. The number of phenols is 1. The van der Waals surface area contributed by atoms with E-state index in [1.807, 2.05) is 18.2 Å². The smallest absolute Gasteiger partial charge is 0.277 e. The van der Waals surface area contributed by atoms with Crippen molar-refractivity contribution in [2.45, 2.75) is 13.3 Å². The Morgan fingerprint density at radius 3 is 2.80 bits per heavy atom. The Morgan fingerprint density at radius 2 is 2.12 bits per heavy atom. The number of phenolic OH excluding ortho intramolecular Hbond substituents is 1. The van der Waals surface area contributed by atoms with E-state index in [1.54, 1.807) is 18.2 Å². The van der Waals surface area contributed by atoms with Gasteiger partial charge in [0.2, 0.25) is 0 Å². The Hall–Kier alpha value is -2.54. The Kier molecular flexibility index (Phi) is 6.82. The van der Waals surface area contributed by atoms with Gasteiger partial charge in [-0.05, 0) is 52.2 Å². The molecule has 0 aliphatic heterocycles. The predicted octanol–water partition coefficient (Wildman–Crippen LogP) is 3.25. The van der Waals surface area contributed by atoms with Gasteiger partial charge in [0.25, 0.3) is 5.91 Å². The first-order valence-corrected chi connectivity index (χ1v) is 8.43. The van der Waals surface area contributed by atoms with Gasteiger partial charge in [0, 0.05) is 5.56 Å². The van der Waals surface area contributed by atoms with Crippen LogP contribution in [0.2, 0.25) is 0 Å². The van der Waals surface area contributed by atoms with Crippen LogP contribution in [0.1, 0.15) is 18.1 Å². The SMILES string of the molecule is CCc1ccc(OCC(=O)N/N=C/c2cccc(OC)c2O)c(Br)c1. The summed E-state index contributed by atoms with van der Waals surface area (Å²) in [7, 11) is 1.46. The van der Waals surface area contributed by atoms with E-state index in [4.69, 9.17) is 9.47 Å². The minimum atomic E-state index is -0.412. The number of ether oxygens (including phenoxy) is 2. The van der Waals surface area contributed by atoms with Gasteiger partial charge in [0.15, 0.2) is 18.1 Å². The van der Waals surface area contributed by atoms with Crippen LogP contribution < -0.4 is 14.9 Å². The molecular formula is C18H19BrN2O4. The number of amides is 1. The molecule has 0 unspecified atom stereocenters. The van der Waals surface area contributed by atoms with Crippen LogP contribution in [-0.4, -0.2) is 30.9 Å². The van der Waals surface area contributed by atoms with Gasteiger partial charge >= 0.3 is 0 Å². The first-order chi connectivity index (χ1) is 12.0. The maximum Gasteiger partial charge on any atom is 0.277 e. The quantitative estimate of drug-likeness (QED) is 0.546. The van der Waals surface area contributed by atoms with Gasteiger partial charge in [0.05, 0.1) is 17.8 Å². The summed E-state index contributed by atoms with van der Waals surface area (Å²) in [6.45, 7) is 1.89. The second-order valence-electron chi connectivity index (χ2n) is 5.10. The number of carbonyl (C=O) groups excluding carboxylic acids is 1. The Labute approximate surface area is 154 Å². The summed E-state index contributed by atoms with van der Waals surface area (Å²) in [6, 6.07) is 10.7. The second kappa shape index (κ2) is 9.08. The monoisotopic (exact) mass is 406 g/mol. The summed E-state index contributed by atoms with van der Waals surface area (Å²) >= 11 is 3.42. The zero-order valence-corrected chi connectivity index (χ0v) is 15.5. The van der Waals surface area contributed by atoms with E-state index < -0.39 is 5.91 Å². The number of methoxy groups -OCH3 is 1. The lowest BCUT2D eigenvalue weighted by molar-refractivity contribution is -0.123. The fraction of sp³-hybridized carbons (Fsp3) is 0.222. The molecule has 0 aromatic heterocycles. The predicted molar refractivity (Wildman–Crippen MR) is 99.4 cm³/mol. The van der Waals surface area contributed by atoms with Crippen molar-refractivity contribution >= 4 is 28.1 Å². The van der Waals surface area contributed by atoms with Crippen molar-refractivity contribution < 1.29 is 19.4 Å². The number of rotatable bonds is 7. The van der Waals surface area contributed by atoms with E-state index in [2.05, 4.69) is 33.4 Å². The average Bonchev–Trinajstić information content (AvgIpc) is 2.62. The summed E-state index contributed by atoms with van der Waals surface area (Å²) in [5.41, 5.74) is 3.95. The van der Waals surface area contributed by atoms with Crippen LogP contribution in [-0.2, 0) is 11.2 Å². The molecule has 0 heterocycles. The number of carbonyl (C=O) groups is 1. The van der Waals surface area contributed by atoms with E-state index in [0.717, 1.165) is 10.9 Å². The molecule has 2 aromatic carbocycles. The van der Waals surface area contributed by atoms with Gasteiger partial charge < -0.3 is 14.6 Å². The van der Waals surface area contributed by atoms with Gasteiger partial charge in [-0.15, -0.1) is 0 Å². The molecule has 0 aliphatic carbocycles. The molecule has 0 aliphatic rings. The number of benzene rings is 2. The van der Waals surface area contributed by atoms with Crippen molar-refractivity contribution in [1.82, 2.24) is 5.43 Å². The normalized spacial score (nSPS) is 10.7. The molecular weight excluding hydrogens is 388 g/mol. The fourth-order valence-electron chi connectivity index (χ4n) is 2.04. The molecule has 2 N–H and O–H groups in total. The van der Waals surface area contributed by atoms with Crippen LogP contribution >= 0.6 is 15.9 Å². The number of nitrogens with one attached hydrogen (secondary N) is 1. The summed E-state index contributed by atoms with van der Waals surface area (Å²) in [4.78, 5) is 11.8. The molecule has 0 spiro atoms. The summed E-state index contributed by atoms with van der Waals surface area (Å²) in [5, 5.41) is 13.7. The molecule has 0 bridgehead atoms. The van der Waals surface area contributed by atoms with Crippen LogP contribution in [0.25, 0.3) is 0 Å². The number of aromatic hydroxyl groups is 1. The third-order valence-corrected chi connectivity index (χ3v) is 4.03. The number of hydrogen-bond acceptors (Lipinski definition) is 5. The van der Waals surface area contributed by atoms with E-state index in [1.165, 1.54) is 18.9 Å². The highest BCUT2D eigenvalue weighted by atomic mass is 79.9. The van der Waals surface area contributed by atoms with Gasteiger partial charge in [-0.25, -0.2) is 5.43 Å². The molecule has 2 rings (SSSR count).